The predicted octanol–water partition coefficient (Wildman–Crippen LogP) is 5.25. The standard InChI is InChI=1S/C28H20FNO2/c29-19-11-13-20(14-12-19)30-27(31)25-21-15-16-22(26(25)28(30)32)24(21)23(17-7-3-1-4-8-17)18-9-5-2-6-10-18/h1-16,21-22,25-26H/t21-,22-,25+,26+/m0/s1. The molecule has 1 heterocycles. The van der Waals surface area contributed by atoms with E-state index in [0.29, 0.717) is 5.69 Å². The van der Waals surface area contributed by atoms with Gasteiger partial charge in [-0.15, -0.1) is 0 Å². The van der Waals surface area contributed by atoms with Gasteiger partial charge in [0, 0.05) is 11.8 Å². The Morgan fingerprint density at radius 2 is 1.12 bits per heavy atom. The van der Waals surface area contributed by atoms with E-state index in [1.807, 2.05) is 36.4 Å². The molecule has 6 rings (SSSR count). The van der Waals surface area contributed by atoms with Crippen molar-refractivity contribution >= 4 is 23.1 Å². The number of nitrogens with zero attached hydrogens (tertiary/aromatic N) is 1. The van der Waals surface area contributed by atoms with Crippen molar-refractivity contribution in [2.75, 3.05) is 4.90 Å². The fourth-order valence-corrected chi connectivity index (χ4v) is 5.65. The number of fused-ring (bicyclic) bond motifs is 5. The van der Waals surface area contributed by atoms with Gasteiger partial charge in [-0.05, 0) is 46.5 Å². The Labute approximate surface area is 185 Å². The highest BCUT2D eigenvalue weighted by molar-refractivity contribution is 6.23. The molecule has 0 spiro atoms. The van der Waals surface area contributed by atoms with E-state index in [9.17, 15) is 14.0 Å². The highest BCUT2D eigenvalue weighted by Gasteiger charge is 2.62. The van der Waals surface area contributed by atoms with Crippen LogP contribution in [0.25, 0.3) is 5.57 Å². The molecule has 1 aliphatic heterocycles. The van der Waals surface area contributed by atoms with Gasteiger partial charge in [0.2, 0.25) is 11.8 Å². The number of hydrogen-bond acceptors (Lipinski definition) is 2. The molecule has 2 bridgehead atoms. The fraction of sp³-hybridized carbons (Fsp3) is 0.143. The second-order valence-corrected chi connectivity index (χ2v) is 8.54. The number of hydrogen-bond donors (Lipinski definition) is 0. The van der Waals surface area contributed by atoms with Gasteiger partial charge in [0.05, 0.1) is 17.5 Å². The number of amides is 2. The molecule has 0 radical (unpaired) electrons. The number of carbonyl (C=O) groups excluding carboxylic acids is 2. The molecule has 0 unspecified atom stereocenters. The average molecular weight is 421 g/mol. The first-order chi connectivity index (χ1) is 15.6. The highest BCUT2D eigenvalue weighted by atomic mass is 19.1. The summed E-state index contributed by atoms with van der Waals surface area (Å²) in [5.41, 5.74) is 4.87. The van der Waals surface area contributed by atoms with Gasteiger partial charge in [-0.25, -0.2) is 9.29 Å². The van der Waals surface area contributed by atoms with Crippen LogP contribution in [0.2, 0.25) is 0 Å². The minimum atomic E-state index is -0.417. The van der Waals surface area contributed by atoms with E-state index in [4.69, 9.17) is 0 Å². The van der Waals surface area contributed by atoms with Crippen LogP contribution in [0.1, 0.15) is 11.1 Å². The summed E-state index contributed by atoms with van der Waals surface area (Å²) in [4.78, 5) is 28.2. The van der Waals surface area contributed by atoms with Crippen molar-refractivity contribution in [1.82, 2.24) is 0 Å². The molecule has 3 nitrogen and oxygen atoms in total. The molecule has 3 aliphatic rings. The van der Waals surface area contributed by atoms with Crippen LogP contribution in [0, 0.1) is 29.5 Å². The van der Waals surface area contributed by atoms with Crippen LogP contribution in [0.3, 0.4) is 0 Å². The zero-order valence-corrected chi connectivity index (χ0v) is 17.2. The maximum absolute atomic E-state index is 13.5. The third-order valence-corrected chi connectivity index (χ3v) is 6.91. The van der Waals surface area contributed by atoms with Crippen LogP contribution < -0.4 is 4.90 Å². The summed E-state index contributed by atoms with van der Waals surface area (Å²) in [5, 5.41) is 0. The molecule has 2 amide bonds. The second-order valence-electron chi connectivity index (χ2n) is 8.54. The van der Waals surface area contributed by atoms with Crippen molar-refractivity contribution in [1.29, 1.82) is 0 Å². The highest BCUT2D eigenvalue weighted by Crippen LogP contribution is 2.58. The second kappa shape index (κ2) is 7.13. The third-order valence-electron chi connectivity index (χ3n) is 6.91. The third kappa shape index (κ3) is 2.65. The van der Waals surface area contributed by atoms with Crippen molar-refractivity contribution in [3.8, 4) is 0 Å². The van der Waals surface area contributed by atoms with Gasteiger partial charge in [0.1, 0.15) is 5.82 Å². The van der Waals surface area contributed by atoms with Crippen LogP contribution in [-0.4, -0.2) is 11.8 Å². The Hall–Kier alpha value is -3.79. The number of anilines is 1. The molecule has 4 heteroatoms. The van der Waals surface area contributed by atoms with Gasteiger partial charge in [-0.3, -0.25) is 9.59 Å². The monoisotopic (exact) mass is 421 g/mol. The van der Waals surface area contributed by atoms with Crippen molar-refractivity contribution in [3.63, 3.8) is 0 Å². The van der Waals surface area contributed by atoms with Gasteiger partial charge in [-0.2, -0.15) is 0 Å². The molecule has 1 saturated carbocycles. The van der Waals surface area contributed by atoms with Crippen molar-refractivity contribution in [3.05, 3.63) is 120 Å². The number of benzene rings is 3. The Morgan fingerprint density at radius 3 is 1.59 bits per heavy atom. The molecule has 4 atom stereocenters. The normalized spacial score (nSPS) is 25.5. The number of imide groups is 1. The Balaban J connectivity index is 1.48. The quantitative estimate of drug-likeness (QED) is 0.428. The summed E-state index contributed by atoms with van der Waals surface area (Å²) < 4.78 is 13.4. The first kappa shape index (κ1) is 18.9. The van der Waals surface area contributed by atoms with E-state index in [0.717, 1.165) is 22.3 Å². The van der Waals surface area contributed by atoms with Gasteiger partial charge in [0.15, 0.2) is 0 Å². The number of carbonyl (C=O) groups is 2. The van der Waals surface area contributed by atoms with E-state index in [1.54, 1.807) is 0 Å². The maximum atomic E-state index is 13.5. The van der Waals surface area contributed by atoms with E-state index in [-0.39, 0.29) is 23.7 Å². The molecular weight excluding hydrogens is 401 g/mol. The van der Waals surface area contributed by atoms with E-state index in [1.165, 1.54) is 29.2 Å². The topological polar surface area (TPSA) is 37.4 Å². The lowest BCUT2D eigenvalue weighted by molar-refractivity contribution is -0.122. The van der Waals surface area contributed by atoms with E-state index in [2.05, 4.69) is 36.4 Å². The fourth-order valence-electron chi connectivity index (χ4n) is 5.65. The molecule has 0 N–H and O–H groups in total. The van der Waals surface area contributed by atoms with Crippen molar-refractivity contribution in [2.45, 2.75) is 0 Å². The Kier molecular flexibility index (Phi) is 4.22. The first-order valence-electron chi connectivity index (χ1n) is 10.8. The summed E-state index contributed by atoms with van der Waals surface area (Å²) in [6.07, 6.45) is 4.18. The molecule has 2 aliphatic carbocycles. The van der Waals surface area contributed by atoms with Crippen molar-refractivity contribution < 1.29 is 14.0 Å². The van der Waals surface area contributed by atoms with Crippen LogP contribution in [0.4, 0.5) is 10.1 Å². The van der Waals surface area contributed by atoms with Crippen LogP contribution >= 0.6 is 0 Å². The smallest absolute Gasteiger partial charge is 0.238 e. The number of allylic oxidation sites excluding steroid dienone is 3. The van der Waals surface area contributed by atoms with Gasteiger partial charge in [0.25, 0.3) is 0 Å². The van der Waals surface area contributed by atoms with Crippen LogP contribution in [0.15, 0.2) is 103 Å². The Bertz CT molecular complexity index is 1200. The van der Waals surface area contributed by atoms with Gasteiger partial charge in [-0.1, -0.05) is 72.8 Å². The molecule has 0 aromatic heterocycles. The number of rotatable bonds is 3. The minimum Gasteiger partial charge on any atom is -0.274 e. The summed E-state index contributed by atoms with van der Waals surface area (Å²) in [7, 11) is 0. The molecule has 3 aromatic rings. The zero-order chi connectivity index (χ0) is 21.8. The first-order valence-corrected chi connectivity index (χ1v) is 10.8. The summed E-state index contributed by atoms with van der Waals surface area (Å²) in [6.45, 7) is 0. The van der Waals surface area contributed by atoms with Gasteiger partial charge < -0.3 is 0 Å². The number of halogens is 1. The van der Waals surface area contributed by atoms with E-state index >= 15 is 0 Å². The molecular formula is C28H20FNO2. The lowest BCUT2D eigenvalue weighted by atomic mass is 9.85. The zero-order valence-electron chi connectivity index (χ0n) is 17.2. The van der Waals surface area contributed by atoms with Crippen LogP contribution in [0.5, 0.6) is 0 Å². The SMILES string of the molecule is O=C1[C@H]2[C@H](C(=O)N1c1ccc(F)cc1)[C@H]1C=C[C@H]2C1=C(c1ccccc1)c1ccccc1. The average Bonchev–Trinajstić information content (AvgIpc) is 3.46. The lowest BCUT2D eigenvalue weighted by Gasteiger charge is -2.21. The molecule has 32 heavy (non-hydrogen) atoms. The molecule has 1 saturated heterocycles. The lowest BCUT2D eigenvalue weighted by Crippen LogP contribution is -2.33. The summed E-state index contributed by atoms with van der Waals surface area (Å²) >= 11 is 0. The predicted molar refractivity (Wildman–Crippen MR) is 121 cm³/mol. The van der Waals surface area contributed by atoms with Crippen LogP contribution in [-0.2, 0) is 9.59 Å². The Morgan fingerprint density at radius 1 is 0.656 bits per heavy atom. The maximum Gasteiger partial charge on any atom is 0.238 e. The molecule has 2 fully saturated rings. The summed E-state index contributed by atoms with van der Waals surface area (Å²) in [5.74, 6) is -1.86. The van der Waals surface area contributed by atoms with E-state index < -0.39 is 17.7 Å². The van der Waals surface area contributed by atoms with Crippen molar-refractivity contribution in [2.24, 2.45) is 23.7 Å². The summed E-state index contributed by atoms with van der Waals surface area (Å²) in [6, 6.07) is 25.9. The molecule has 3 aromatic carbocycles. The van der Waals surface area contributed by atoms with Gasteiger partial charge >= 0.3 is 0 Å². The largest absolute Gasteiger partial charge is 0.274 e. The molecule has 156 valence electrons. The minimum absolute atomic E-state index is 0.123.